The van der Waals surface area contributed by atoms with Crippen LogP contribution >= 0.6 is 11.6 Å². The largest absolute Gasteiger partial charge is 0.310 e. The molecule has 1 N–H and O–H groups in total. The van der Waals surface area contributed by atoms with Gasteiger partial charge in [-0.25, -0.2) is 0 Å². The van der Waals surface area contributed by atoms with Crippen molar-refractivity contribution in [3.8, 4) is 0 Å². The first-order chi connectivity index (χ1) is 10.9. The highest BCUT2D eigenvalue weighted by atomic mass is 35.5. The molecule has 1 aromatic carbocycles. The summed E-state index contributed by atoms with van der Waals surface area (Å²) in [5.74, 6) is 0.424. The van der Waals surface area contributed by atoms with Crippen LogP contribution in [0, 0.1) is 5.41 Å². The Hall–Kier alpha value is -0.860. The number of nitrogens with zero attached hydrogens (tertiary/aromatic N) is 1. The van der Waals surface area contributed by atoms with Gasteiger partial charge in [-0.3, -0.25) is 0 Å². The minimum atomic E-state index is 0.419. The van der Waals surface area contributed by atoms with E-state index in [9.17, 15) is 0 Å². The summed E-state index contributed by atoms with van der Waals surface area (Å²) in [5, 5.41) is 9.20. The summed E-state index contributed by atoms with van der Waals surface area (Å²) >= 11 is 6.17. The zero-order chi connectivity index (χ0) is 17.2. The highest BCUT2D eigenvalue weighted by Gasteiger charge is 2.16. The highest BCUT2D eigenvalue weighted by Crippen LogP contribution is 2.29. The first kappa shape index (κ1) is 20.2. The van der Waals surface area contributed by atoms with Gasteiger partial charge in [0.1, 0.15) is 0 Å². The topological polar surface area (TPSA) is 27.1 Å². The molecule has 2 atom stereocenters. The van der Waals surface area contributed by atoms with Crippen LogP contribution in [0.15, 0.2) is 24.3 Å². The number of unbranched alkanes of at least 4 members (excludes halogenated alkanes) is 3. The third kappa shape index (κ3) is 7.99. The maximum atomic E-state index is 8.40. The predicted molar refractivity (Wildman–Crippen MR) is 103 cm³/mol. The minimum Gasteiger partial charge on any atom is -0.310 e. The van der Waals surface area contributed by atoms with Crippen LogP contribution < -0.4 is 0 Å². The second-order valence-corrected chi connectivity index (χ2v) is 7.36. The summed E-state index contributed by atoms with van der Waals surface area (Å²) in [6, 6.07) is 8.62. The molecule has 0 fully saturated rings. The van der Waals surface area contributed by atoms with Gasteiger partial charge in [-0.1, -0.05) is 56.3 Å². The number of hydrogen-bond acceptors (Lipinski definition) is 2. The summed E-state index contributed by atoms with van der Waals surface area (Å²) in [6.07, 6.45) is 7.94. The molecule has 2 nitrogen and oxygen atoms in total. The summed E-state index contributed by atoms with van der Waals surface area (Å²) in [6.45, 7) is 4.43. The summed E-state index contributed by atoms with van der Waals surface area (Å²) in [4.78, 5) is 2.18. The highest BCUT2D eigenvalue weighted by molar-refractivity contribution is 6.30. The van der Waals surface area contributed by atoms with Gasteiger partial charge in [0.25, 0.3) is 0 Å². The molecule has 1 unspecified atom stereocenters. The lowest BCUT2D eigenvalue weighted by Crippen LogP contribution is -2.27. The van der Waals surface area contributed by atoms with Crippen LogP contribution in [0.3, 0.4) is 0 Å². The zero-order valence-electron chi connectivity index (χ0n) is 15.2. The molecule has 23 heavy (non-hydrogen) atoms. The maximum absolute atomic E-state index is 8.40. The molecular weight excluding hydrogens is 304 g/mol. The van der Waals surface area contributed by atoms with Crippen molar-refractivity contribution < 1.29 is 0 Å². The smallest absolute Gasteiger partial charge is 0.0408 e. The fourth-order valence-corrected chi connectivity index (χ4v) is 3.08. The Morgan fingerprint density at radius 2 is 1.91 bits per heavy atom. The van der Waals surface area contributed by atoms with Crippen LogP contribution in [0.4, 0.5) is 0 Å². The molecule has 0 saturated carbocycles. The van der Waals surface area contributed by atoms with E-state index in [4.69, 9.17) is 17.0 Å². The minimum absolute atomic E-state index is 0.419. The molecule has 0 aliphatic carbocycles. The van der Waals surface area contributed by atoms with E-state index < -0.39 is 0 Å². The Labute approximate surface area is 147 Å². The first-order valence-electron chi connectivity index (χ1n) is 8.92. The van der Waals surface area contributed by atoms with Gasteiger partial charge < -0.3 is 10.3 Å². The molecule has 0 saturated heterocycles. The van der Waals surface area contributed by atoms with Gasteiger partial charge in [0.05, 0.1) is 0 Å². The summed E-state index contributed by atoms with van der Waals surface area (Å²) in [5.41, 5.74) is 2.14. The first-order valence-corrected chi connectivity index (χ1v) is 9.30. The lowest BCUT2D eigenvalue weighted by molar-refractivity contribution is 0.319. The monoisotopic (exact) mass is 336 g/mol. The normalized spacial score (nSPS) is 14.0. The Morgan fingerprint density at radius 1 is 1.17 bits per heavy atom. The van der Waals surface area contributed by atoms with Crippen LogP contribution in [0.2, 0.25) is 5.02 Å². The molecule has 0 spiro atoms. The van der Waals surface area contributed by atoms with Crippen molar-refractivity contribution in [3.63, 3.8) is 0 Å². The van der Waals surface area contributed by atoms with E-state index in [2.05, 4.69) is 45.0 Å². The number of benzene rings is 1. The third-order valence-electron chi connectivity index (χ3n) is 4.64. The molecule has 0 bridgehead atoms. The van der Waals surface area contributed by atoms with E-state index in [1.807, 2.05) is 12.1 Å². The quantitative estimate of drug-likeness (QED) is 0.381. The van der Waals surface area contributed by atoms with Crippen molar-refractivity contribution >= 4 is 17.3 Å². The van der Waals surface area contributed by atoms with Gasteiger partial charge >= 0.3 is 0 Å². The Kier molecular flexibility index (Phi) is 9.50. The van der Waals surface area contributed by atoms with Gasteiger partial charge in [0.2, 0.25) is 0 Å². The number of nitrogens with one attached hydrogen (secondary N) is 1. The third-order valence-corrected chi connectivity index (χ3v) is 4.88. The second kappa shape index (κ2) is 10.8. The molecule has 0 radical (unpaired) electrons. The number of rotatable bonds is 11. The molecule has 130 valence electrons. The van der Waals surface area contributed by atoms with Gasteiger partial charge in [0.15, 0.2) is 0 Å². The molecule has 0 amide bonds. The predicted octanol–water partition coefficient (Wildman–Crippen LogP) is 6.14. The Balaban J connectivity index is 2.69. The Bertz CT molecular complexity index is 470. The average Bonchev–Trinajstić information content (AvgIpc) is 2.50. The van der Waals surface area contributed by atoms with E-state index in [0.717, 1.165) is 30.0 Å². The fraction of sp³-hybridized carbons (Fsp3) is 0.650. The molecule has 1 aromatic rings. The molecule has 3 heteroatoms. The van der Waals surface area contributed by atoms with Crippen molar-refractivity contribution in [2.45, 2.75) is 70.8 Å². The second-order valence-electron chi connectivity index (χ2n) is 6.93. The van der Waals surface area contributed by atoms with E-state index in [1.165, 1.54) is 31.2 Å². The molecule has 0 heterocycles. The molecule has 0 aromatic heterocycles. The van der Waals surface area contributed by atoms with Crippen LogP contribution in [-0.2, 0) is 0 Å². The van der Waals surface area contributed by atoms with Gasteiger partial charge in [-0.05, 0) is 57.5 Å². The number of hydrogen-bond donors (Lipinski definition) is 1. The molecule has 0 aliphatic heterocycles. The summed E-state index contributed by atoms with van der Waals surface area (Å²) < 4.78 is 0. The van der Waals surface area contributed by atoms with Crippen LogP contribution in [-0.4, -0.2) is 30.7 Å². The van der Waals surface area contributed by atoms with Crippen LogP contribution in [0.1, 0.15) is 70.3 Å². The van der Waals surface area contributed by atoms with E-state index in [0.29, 0.717) is 12.0 Å². The zero-order valence-corrected chi connectivity index (χ0v) is 16.0. The van der Waals surface area contributed by atoms with Gasteiger partial charge in [-0.15, -0.1) is 0 Å². The van der Waals surface area contributed by atoms with Crippen molar-refractivity contribution in [3.05, 3.63) is 34.9 Å². The standard InChI is InChI=1S/C20H33ClN2/c1-5-6-7-8-10-18(17-11-9-12-19(21)14-17)15-20(22)13-16(2)23(3)4/h9,11-12,14,16,18,22H,5-8,10,13,15H2,1-4H3/t16-,18?/m1/s1. The van der Waals surface area contributed by atoms with E-state index in [1.54, 1.807) is 0 Å². The van der Waals surface area contributed by atoms with E-state index >= 15 is 0 Å². The van der Waals surface area contributed by atoms with Gasteiger partial charge in [-0.2, -0.15) is 0 Å². The van der Waals surface area contributed by atoms with Crippen molar-refractivity contribution in [1.82, 2.24) is 4.90 Å². The fourth-order valence-electron chi connectivity index (χ4n) is 2.88. The van der Waals surface area contributed by atoms with Gasteiger partial charge in [0, 0.05) is 23.2 Å². The average molecular weight is 337 g/mol. The number of halogens is 1. The van der Waals surface area contributed by atoms with E-state index in [-0.39, 0.29) is 0 Å². The lowest BCUT2D eigenvalue weighted by Gasteiger charge is -2.23. The molecular formula is C20H33ClN2. The van der Waals surface area contributed by atoms with Crippen molar-refractivity contribution in [2.24, 2.45) is 0 Å². The van der Waals surface area contributed by atoms with Crippen molar-refractivity contribution in [2.75, 3.05) is 14.1 Å². The lowest BCUT2D eigenvalue weighted by atomic mass is 9.87. The SMILES string of the molecule is CCCCCCC(CC(=N)C[C@@H](C)N(C)C)c1cccc(Cl)c1. The van der Waals surface area contributed by atoms with Crippen molar-refractivity contribution in [1.29, 1.82) is 5.41 Å². The summed E-state index contributed by atoms with van der Waals surface area (Å²) in [7, 11) is 4.16. The molecule has 1 rings (SSSR count). The van der Waals surface area contributed by atoms with Crippen LogP contribution in [0.25, 0.3) is 0 Å². The molecule has 0 aliphatic rings. The maximum Gasteiger partial charge on any atom is 0.0408 e. The Morgan fingerprint density at radius 3 is 2.52 bits per heavy atom. The van der Waals surface area contributed by atoms with Crippen LogP contribution in [0.5, 0.6) is 0 Å².